The van der Waals surface area contributed by atoms with Crippen LogP contribution in [0.4, 0.5) is 45.5 Å². The van der Waals surface area contributed by atoms with Crippen LogP contribution >= 0.6 is 0 Å². The minimum absolute atomic E-state index is 0.0580. The molecule has 674 valence electrons. The zero-order valence-corrected chi connectivity index (χ0v) is 82.0. The summed E-state index contributed by atoms with van der Waals surface area (Å²) in [6.45, 7) is 36.8. The number of benzene rings is 18. The number of nitrogens with zero attached hydrogens (tertiary/aromatic N) is 6. The normalized spacial score (nSPS) is 12.9. The summed E-state index contributed by atoms with van der Waals surface area (Å²) in [4.78, 5) is 7.93. The fourth-order valence-electron chi connectivity index (χ4n) is 22.1. The second kappa shape index (κ2) is 33.4. The van der Waals surface area contributed by atoms with Gasteiger partial charge in [0.15, 0.2) is 0 Å². The molecule has 138 heavy (non-hydrogen) atoms. The van der Waals surface area contributed by atoms with E-state index in [0.29, 0.717) is 19.6 Å². The molecule has 2 aliphatic heterocycles. The molecule has 0 amide bonds. The number of fused-ring (bicyclic) bond motifs is 13. The lowest BCUT2D eigenvalue weighted by Crippen LogP contribution is -2.62. The molecule has 0 bridgehead atoms. The molecule has 7 heteroatoms. The number of anilines is 8. The van der Waals surface area contributed by atoms with Crippen molar-refractivity contribution in [2.24, 2.45) is 0 Å². The van der Waals surface area contributed by atoms with Crippen LogP contribution in [-0.2, 0) is 46.7 Å². The molecule has 2 aliphatic rings. The van der Waals surface area contributed by atoms with Gasteiger partial charge in [-0.1, -0.05) is 365 Å². The van der Waals surface area contributed by atoms with Gasteiger partial charge in [0.2, 0.25) is 0 Å². The number of rotatable bonds is 16. The molecule has 0 saturated heterocycles. The molecule has 0 saturated carbocycles. The first-order chi connectivity index (χ1) is 66.6. The van der Waals surface area contributed by atoms with Gasteiger partial charge in [-0.05, 0) is 283 Å². The molecule has 0 spiro atoms. The van der Waals surface area contributed by atoms with E-state index in [4.69, 9.17) is 0 Å². The molecule has 18 aromatic carbocycles. The van der Waals surface area contributed by atoms with Crippen molar-refractivity contribution in [1.29, 1.82) is 0 Å². The SMILES string of the molecule is CC(C)(C)c1cc(-c2ccc3c(c2)N(c2cc(-c4ccccc4)cc(-c4ccccc4)c2)c2cc(Cn4c5ccc(N(c6ccccc6)c6ccccc6)cc5c5cc(-n6c7ccccc7c7ccccc76)ccc54)cc4c2B3c2ccc(Cn3c5ccc(C(C)(C)C)cc5c5cc(C(C)(C)C)ccc53)cc2N4Cc2c(-c3ccccc3)cc(C(C)(C)C)cc2-c2ccccc2)cc(C(C)(C)C)c1. The van der Waals surface area contributed by atoms with Gasteiger partial charge in [0, 0.05) is 125 Å². The minimum Gasteiger partial charge on any atom is -0.338 e. The molecule has 0 atom stereocenters. The molecule has 0 radical (unpaired) electrons. The van der Waals surface area contributed by atoms with Crippen LogP contribution < -0.4 is 31.1 Å². The monoisotopic (exact) mass is 1780 g/mol. The summed E-state index contributed by atoms with van der Waals surface area (Å²) in [6.07, 6.45) is 0. The molecular formula is C131H117BN6. The van der Waals surface area contributed by atoms with Gasteiger partial charge in [-0.2, -0.15) is 0 Å². The van der Waals surface area contributed by atoms with E-state index >= 15 is 0 Å². The smallest absolute Gasteiger partial charge is 0.252 e. The minimum atomic E-state index is -0.255. The Bertz CT molecular complexity index is 8040. The number of aromatic nitrogens is 3. The maximum atomic E-state index is 2.80. The molecule has 0 fully saturated rings. The standard InChI is InChI=1S/C131H117BN6/c1-127(2,3)95-56-62-116-109(76-95)110-77-96(128(4,5)6)57-63-117(110)133(116)82-85-54-60-114-122(66-85)135(84-113-107(89-42-26-18-27-43-89)78-99(131(13,14)15)79-108(113)90-44-28-19-29-45-90)124-67-86(83-134-118-64-58-102(136(100-46-30-20-31-47-100)101-48-32-21-33-49-101)80-111(118)112-81-103(59-65-119(112)134)137-120-52-36-34-50-105(120)106-51-35-37-53-121(106)137)68-125-126(124)132(114)115-61-55-91(94-70-97(129(7,8)9)75-98(71-94)130(10,11)12)74-123(115)138(125)104-72-92(87-38-22-16-23-39-87)69-93(73-104)88-40-24-17-25-41-88/h16-81H,82-84H2,1-15H3. The van der Waals surface area contributed by atoms with Crippen LogP contribution in [0.2, 0.25) is 0 Å². The highest BCUT2D eigenvalue weighted by atomic mass is 15.2. The third-order valence-electron chi connectivity index (χ3n) is 29.5. The third-order valence-corrected chi connectivity index (χ3v) is 29.5. The first-order valence-electron chi connectivity index (χ1n) is 49.3. The quantitative estimate of drug-likeness (QED) is 0.0901. The summed E-state index contributed by atoms with van der Waals surface area (Å²) in [5, 5.41) is 7.37. The zero-order valence-electron chi connectivity index (χ0n) is 82.0. The number of para-hydroxylation sites is 4. The molecule has 23 rings (SSSR count). The van der Waals surface area contributed by atoms with Crippen LogP contribution in [-0.4, -0.2) is 20.4 Å². The van der Waals surface area contributed by atoms with Gasteiger partial charge in [-0.25, -0.2) is 0 Å². The first-order valence-corrected chi connectivity index (χ1v) is 49.3. The summed E-state index contributed by atoms with van der Waals surface area (Å²) < 4.78 is 7.75. The number of hydrogen-bond donors (Lipinski definition) is 0. The lowest BCUT2D eigenvalue weighted by Gasteiger charge is -2.45. The molecule has 5 heterocycles. The van der Waals surface area contributed by atoms with Gasteiger partial charge in [-0.3, -0.25) is 0 Å². The number of hydrogen-bond acceptors (Lipinski definition) is 3. The molecule has 21 aromatic rings. The predicted molar refractivity (Wildman–Crippen MR) is 591 cm³/mol. The summed E-state index contributed by atoms with van der Waals surface area (Å²) in [5.74, 6) is 0. The van der Waals surface area contributed by atoms with Crippen molar-refractivity contribution in [2.75, 3.05) is 14.7 Å². The average Bonchev–Trinajstić information content (AvgIpc) is 0.917. The predicted octanol–water partition coefficient (Wildman–Crippen LogP) is 33.3. The van der Waals surface area contributed by atoms with Crippen molar-refractivity contribution in [2.45, 2.75) is 151 Å². The Morgan fingerprint density at radius 1 is 0.232 bits per heavy atom. The van der Waals surface area contributed by atoms with Gasteiger partial charge >= 0.3 is 0 Å². The van der Waals surface area contributed by atoms with Gasteiger partial charge in [0.05, 0.1) is 11.0 Å². The van der Waals surface area contributed by atoms with Crippen molar-refractivity contribution in [3.05, 3.63) is 445 Å². The van der Waals surface area contributed by atoms with E-state index in [0.717, 1.165) is 78.5 Å². The van der Waals surface area contributed by atoms with E-state index in [2.05, 4.69) is 533 Å². The summed E-state index contributed by atoms with van der Waals surface area (Å²) in [6, 6.07) is 154. The Hall–Kier alpha value is -15.2. The Kier molecular flexibility index (Phi) is 21.0. The highest BCUT2D eigenvalue weighted by molar-refractivity contribution is 7.00. The van der Waals surface area contributed by atoms with Crippen molar-refractivity contribution in [3.8, 4) is 61.3 Å². The topological polar surface area (TPSA) is 24.5 Å². The van der Waals surface area contributed by atoms with Crippen LogP contribution in [0.5, 0.6) is 0 Å². The Morgan fingerprint density at radius 2 is 0.638 bits per heavy atom. The van der Waals surface area contributed by atoms with E-state index in [1.54, 1.807) is 0 Å². The highest BCUT2D eigenvalue weighted by Crippen LogP contribution is 2.51. The van der Waals surface area contributed by atoms with Crippen molar-refractivity contribution in [3.63, 3.8) is 0 Å². The van der Waals surface area contributed by atoms with E-state index < -0.39 is 0 Å². The molecule has 0 aliphatic carbocycles. The van der Waals surface area contributed by atoms with E-state index in [9.17, 15) is 0 Å². The fourth-order valence-corrected chi connectivity index (χ4v) is 22.1. The van der Waals surface area contributed by atoms with E-state index in [1.165, 1.54) is 155 Å². The van der Waals surface area contributed by atoms with Crippen LogP contribution in [0.25, 0.3) is 127 Å². The molecular weight excluding hydrogens is 1670 g/mol. The average molecular weight is 1790 g/mol. The van der Waals surface area contributed by atoms with Gasteiger partial charge < -0.3 is 28.4 Å². The Balaban J connectivity index is 0.841. The maximum Gasteiger partial charge on any atom is 0.252 e. The highest BCUT2D eigenvalue weighted by Gasteiger charge is 2.45. The molecule has 0 unspecified atom stereocenters. The van der Waals surface area contributed by atoms with Gasteiger partial charge in [-0.15, -0.1) is 0 Å². The lowest BCUT2D eigenvalue weighted by atomic mass is 9.33. The van der Waals surface area contributed by atoms with Crippen LogP contribution in [0.1, 0.15) is 148 Å². The van der Waals surface area contributed by atoms with Gasteiger partial charge in [0.25, 0.3) is 6.71 Å². The fraction of sp³-hybridized carbons (Fsp3) is 0.176. The van der Waals surface area contributed by atoms with Crippen molar-refractivity contribution < 1.29 is 0 Å². The summed E-state index contributed by atoms with van der Waals surface area (Å²) in [7, 11) is 0. The second-order valence-electron chi connectivity index (χ2n) is 43.8. The second-order valence-corrected chi connectivity index (χ2v) is 43.8. The summed E-state index contributed by atoms with van der Waals surface area (Å²) in [5.41, 5.74) is 42.4. The Labute approximate surface area is 813 Å². The maximum absolute atomic E-state index is 2.80. The van der Waals surface area contributed by atoms with Crippen LogP contribution in [0.3, 0.4) is 0 Å². The van der Waals surface area contributed by atoms with Crippen LogP contribution in [0.15, 0.2) is 400 Å². The first kappa shape index (κ1) is 86.9. The largest absolute Gasteiger partial charge is 0.338 e. The summed E-state index contributed by atoms with van der Waals surface area (Å²) >= 11 is 0. The molecule has 6 nitrogen and oxygen atoms in total. The van der Waals surface area contributed by atoms with E-state index in [1.807, 2.05) is 0 Å². The van der Waals surface area contributed by atoms with Crippen LogP contribution in [0, 0.1) is 0 Å². The van der Waals surface area contributed by atoms with Crippen molar-refractivity contribution >= 4 is 134 Å². The zero-order chi connectivity index (χ0) is 94.6. The molecule has 3 aromatic heterocycles. The lowest BCUT2D eigenvalue weighted by molar-refractivity contribution is 0.569. The molecule has 0 N–H and O–H groups in total. The van der Waals surface area contributed by atoms with E-state index in [-0.39, 0.29) is 33.8 Å². The van der Waals surface area contributed by atoms with Gasteiger partial charge in [0.1, 0.15) is 0 Å². The van der Waals surface area contributed by atoms with Crippen molar-refractivity contribution in [1.82, 2.24) is 13.7 Å². The third kappa shape index (κ3) is 15.5. The Morgan fingerprint density at radius 3 is 1.14 bits per heavy atom.